The van der Waals surface area contributed by atoms with Crippen LogP contribution >= 0.6 is 0 Å². The van der Waals surface area contributed by atoms with Crippen molar-refractivity contribution in [3.63, 3.8) is 0 Å². The van der Waals surface area contributed by atoms with Crippen molar-refractivity contribution < 1.29 is 4.42 Å². The fourth-order valence-corrected chi connectivity index (χ4v) is 8.86. The van der Waals surface area contributed by atoms with E-state index >= 15 is 0 Å². The van der Waals surface area contributed by atoms with Crippen LogP contribution < -0.4 is 0 Å². The molecule has 56 heavy (non-hydrogen) atoms. The summed E-state index contributed by atoms with van der Waals surface area (Å²) in [6.07, 6.45) is 0. The van der Waals surface area contributed by atoms with Gasteiger partial charge in [0.05, 0.1) is 27.8 Å². The van der Waals surface area contributed by atoms with E-state index in [1.54, 1.807) is 0 Å². The van der Waals surface area contributed by atoms with Gasteiger partial charge in [-0.25, -0.2) is 4.68 Å². The third-order valence-corrected chi connectivity index (χ3v) is 11.2. The van der Waals surface area contributed by atoms with Gasteiger partial charge in [0, 0.05) is 54.8 Å². The molecule has 6 nitrogen and oxygen atoms in total. The zero-order chi connectivity index (χ0) is 36.7. The molecule has 0 bridgehead atoms. The van der Waals surface area contributed by atoms with E-state index in [4.69, 9.17) is 14.7 Å². The summed E-state index contributed by atoms with van der Waals surface area (Å²) in [4.78, 5) is 0. The lowest BCUT2D eigenvalue weighted by Gasteiger charge is -2.15. The average Bonchev–Trinajstić information content (AvgIpc) is 4.04. The Morgan fingerprint density at radius 3 is 1.84 bits per heavy atom. The molecular weight excluding hydrogens is 687 g/mol. The van der Waals surface area contributed by atoms with Crippen LogP contribution in [0.2, 0.25) is 0 Å². The highest BCUT2D eigenvalue weighted by Crippen LogP contribution is 2.43. The topological polar surface area (TPSA) is 53.7 Å². The second-order valence-electron chi connectivity index (χ2n) is 14.3. The minimum absolute atomic E-state index is 0.837. The largest absolute Gasteiger partial charge is 0.456 e. The van der Waals surface area contributed by atoms with E-state index < -0.39 is 0 Å². The molecule has 0 radical (unpaired) electrons. The zero-order valence-corrected chi connectivity index (χ0v) is 30.0. The first kappa shape index (κ1) is 30.7. The van der Waals surface area contributed by atoms with Gasteiger partial charge in [-0.15, -0.1) is 5.10 Å². The first-order valence-corrected chi connectivity index (χ1v) is 18.9. The highest BCUT2D eigenvalue weighted by molar-refractivity contribution is 6.27. The lowest BCUT2D eigenvalue weighted by Crippen LogP contribution is -2.04. The van der Waals surface area contributed by atoms with Crippen LogP contribution in [0.15, 0.2) is 192 Å². The van der Waals surface area contributed by atoms with Crippen LogP contribution in [0, 0.1) is 0 Å². The van der Waals surface area contributed by atoms with E-state index in [0.717, 1.165) is 89.0 Å². The van der Waals surface area contributed by atoms with E-state index in [1.165, 1.54) is 16.2 Å². The minimum Gasteiger partial charge on any atom is -0.456 e. The van der Waals surface area contributed by atoms with Gasteiger partial charge < -0.3 is 13.6 Å². The van der Waals surface area contributed by atoms with Crippen LogP contribution in [0.3, 0.4) is 0 Å². The summed E-state index contributed by atoms with van der Waals surface area (Å²) in [5.74, 6) is 0. The molecule has 4 aromatic heterocycles. The summed E-state index contributed by atoms with van der Waals surface area (Å²) >= 11 is 0. The molecule has 0 aliphatic carbocycles. The molecule has 0 unspecified atom stereocenters. The molecule has 12 aromatic rings. The summed E-state index contributed by atoms with van der Waals surface area (Å²) in [6.45, 7) is 0. The Morgan fingerprint density at radius 2 is 1.04 bits per heavy atom. The molecular formula is C50H31N5O. The Balaban J connectivity index is 1.14. The standard InChI is InChI=1S/C50H31N5O/c1-3-15-32(16-4-1)48-49(33-17-5-2-6-18-33)55(52-51-48)43-27-14-24-37-36-21-7-10-25-40(36)54(50(37)43)35-20-13-19-34(31-35)53-41-26-11-8-22-38(41)46-42(53)29-30-45-47(46)39-23-9-12-28-44(39)56-45/h1-31H. The van der Waals surface area contributed by atoms with Crippen molar-refractivity contribution in [1.82, 2.24) is 24.1 Å². The molecule has 0 saturated heterocycles. The molecule has 0 N–H and O–H groups in total. The number of hydrogen-bond acceptors (Lipinski definition) is 3. The van der Waals surface area contributed by atoms with E-state index in [9.17, 15) is 0 Å². The molecule has 262 valence electrons. The third kappa shape index (κ3) is 4.38. The summed E-state index contributed by atoms with van der Waals surface area (Å²) < 4.78 is 13.2. The van der Waals surface area contributed by atoms with Crippen molar-refractivity contribution in [2.75, 3.05) is 0 Å². The van der Waals surface area contributed by atoms with Gasteiger partial charge in [-0.05, 0) is 54.6 Å². The van der Waals surface area contributed by atoms with Gasteiger partial charge in [-0.2, -0.15) is 0 Å². The molecule has 0 fully saturated rings. The molecule has 0 aliphatic heterocycles. The van der Waals surface area contributed by atoms with Crippen molar-refractivity contribution in [3.8, 4) is 39.6 Å². The van der Waals surface area contributed by atoms with Crippen LogP contribution in [0.4, 0.5) is 0 Å². The first-order valence-electron chi connectivity index (χ1n) is 18.9. The van der Waals surface area contributed by atoms with Gasteiger partial charge in [0.15, 0.2) is 0 Å². The number of aromatic nitrogens is 5. The van der Waals surface area contributed by atoms with Crippen LogP contribution in [-0.2, 0) is 0 Å². The summed E-state index contributed by atoms with van der Waals surface area (Å²) in [5, 5.41) is 16.7. The average molecular weight is 718 g/mol. The summed E-state index contributed by atoms with van der Waals surface area (Å²) in [6, 6.07) is 66.1. The van der Waals surface area contributed by atoms with Crippen LogP contribution in [0.1, 0.15) is 0 Å². The van der Waals surface area contributed by atoms with E-state index in [0.29, 0.717) is 0 Å². The van der Waals surface area contributed by atoms with Gasteiger partial charge in [-0.3, -0.25) is 0 Å². The van der Waals surface area contributed by atoms with Crippen molar-refractivity contribution >= 4 is 65.6 Å². The molecule has 0 amide bonds. The molecule has 8 aromatic carbocycles. The molecule has 4 heterocycles. The van der Waals surface area contributed by atoms with E-state index in [1.807, 2.05) is 35.0 Å². The Kier molecular flexibility index (Phi) is 6.53. The minimum atomic E-state index is 0.837. The van der Waals surface area contributed by atoms with Gasteiger partial charge >= 0.3 is 0 Å². The van der Waals surface area contributed by atoms with Crippen LogP contribution in [0.25, 0.3) is 105 Å². The van der Waals surface area contributed by atoms with Crippen LogP contribution in [0.5, 0.6) is 0 Å². The number of rotatable bonds is 5. The third-order valence-electron chi connectivity index (χ3n) is 11.2. The second-order valence-corrected chi connectivity index (χ2v) is 14.3. The van der Waals surface area contributed by atoms with E-state index in [-0.39, 0.29) is 0 Å². The number of furan rings is 1. The predicted molar refractivity (Wildman–Crippen MR) is 228 cm³/mol. The maximum absolute atomic E-state index is 6.36. The van der Waals surface area contributed by atoms with Gasteiger partial charge in [-0.1, -0.05) is 139 Å². The van der Waals surface area contributed by atoms with Gasteiger partial charge in [0.2, 0.25) is 0 Å². The van der Waals surface area contributed by atoms with Crippen molar-refractivity contribution in [2.24, 2.45) is 0 Å². The van der Waals surface area contributed by atoms with E-state index in [2.05, 4.69) is 167 Å². The van der Waals surface area contributed by atoms with Crippen molar-refractivity contribution in [1.29, 1.82) is 0 Å². The Bertz CT molecular complexity index is 3480. The fourth-order valence-electron chi connectivity index (χ4n) is 8.86. The number of para-hydroxylation sites is 4. The number of hydrogen-bond donors (Lipinski definition) is 0. The Morgan fingerprint density at radius 1 is 0.411 bits per heavy atom. The SMILES string of the molecule is c1ccc(-c2nnn(-c3cccc4c5ccccc5n(-c5cccc(-n6c7ccccc7c7c8c(ccc76)oc6ccccc68)c5)c34)c2-c2ccccc2)cc1. The van der Waals surface area contributed by atoms with Gasteiger partial charge in [0.25, 0.3) is 0 Å². The Hall–Kier alpha value is -7.70. The highest BCUT2D eigenvalue weighted by Gasteiger charge is 2.24. The highest BCUT2D eigenvalue weighted by atomic mass is 16.3. The molecule has 12 rings (SSSR count). The zero-order valence-electron chi connectivity index (χ0n) is 30.0. The normalized spacial score (nSPS) is 11.9. The van der Waals surface area contributed by atoms with Crippen LogP contribution in [-0.4, -0.2) is 24.1 Å². The first-order chi connectivity index (χ1) is 27.8. The number of fused-ring (bicyclic) bond motifs is 10. The monoisotopic (exact) mass is 717 g/mol. The van der Waals surface area contributed by atoms with Crippen molar-refractivity contribution in [3.05, 3.63) is 188 Å². The predicted octanol–water partition coefficient (Wildman–Crippen LogP) is 12.7. The summed E-state index contributed by atoms with van der Waals surface area (Å²) in [7, 11) is 0. The molecule has 0 spiro atoms. The fraction of sp³-hybridized carbons (Fsp3) is 0. The van der Waals surface area contributed by atoms with Crippen molar-refractivity contribution in [2.45, 2.75) is 0 Å². The molecule has 0 aliphatic rings. The number of nitrogens with zero attached hydrogens (tertiary/aromatic N) is 5. The smallest absolute Gasteiger partial charge is 0.136 e. The summed E-state index contributed by atoms with van der Waals surface area (Å²) in [5.41, 5.74) is 13.2. The second kappa shape index (κ2) is 11.9. The quantitative estimate of drug-likeness (QED) is 0.178. The number of benzene rings is 8. The lowest BCUT2D eigenvalue weighted by molar-refractivity contribution is 0.669. The molecule has 6 heteroatoms. The molecule has 0 atom stereocenters. The van der Waals surface area contributed by atoms with Gasteiger partial charge in [0.1, 0.15) is 22.6 Å². The lowest BCUT2D eigenvalue weighted by atomic mass is 10.0. The maximum Gasteiger partial charge on any atom is 0.136 e. The molecule has 0 saturated carbocycles. The maximum atomic E-state index is 6.36. The Labute approximate surface area is 320 Å².